The van der Waals surface area contributed by atoms with E-state index in [1.165, 1.54) is 0 Å². The number of carbonyl (C=O) groups is 1. The van der Waals surface area contributed by atoms with Crippen molar-refractivity contribution in [1.29, 1.82) is 0 Å². The maximum absolute atomic E-state index is 11.0. The maximum atomic E-state index is 11.0. The molecule has 0 fully saturated rings. The number of carboxylic acids is 1. The fourth-order valence-corrected chi connectivity index (χ4v) is 1.49. The first kappa shape index (κ1) is 9.92. The van der Waals surface area contributed by atoms with Gasteiger partial charge < -0.3 is 5.11 Å². The van der Waals surface area contributed by atoms with Gasteiger partial charge in [-0.3, -0.25) is 9.00 Å². The van der Waals surface area contributed by atoms with Crippen molar-refractivity contribution in [2.24, 2.45) is 0 Å². The summed E-state index contributed by atoms with van der Waals surface area (Å²) in [4.78, 5) is 11.0. The highest BCUT2D eigenvalue weighted by atomic mass is 32.2. The summed E-state index contributed by atoms with van der Waals surface area (Å²) in [6.45, 7) is 0. The number of benzene rings is 1. The normalized spacial score (nSPS) is 12.4. The lowest BCUT2D eigenvalue weighted by Gasteiger charge is -1.98. The van der Waals surface area contributed by atoms with Gasteiger partial charge in [-0.25, -0.2) is 0 Å². The minimum Gasteiger partial charge on any atom is -0.481 e. The van der Waals surface area contributed by atoms with Crippen molar-refractivity contribution in [3.63, 3.8) is 0 Å². The molecule has 1 atom stereocenters. The van der Waals surface area contributed by atoms with E-state index in [0.717, 1.165) is 5.56 Å². The monoisotopic (exact) mass is 198 g/mol. The lowest BCUT2D eigenvalue weighted by atomic mass is 10.2. The van der Waals surface area contributed by atoms with Crippen LogP contribution >= 0.6 is 0 Å². The van der Waals surface area contributed by atoms with Gasteiger partial charge in [0.15, 0.2) is 0 Å². The molecular weight excluding hydrogens is 188 g/mol. The molecule has 1 aromatic carbocycles. The van der Waals surface area contributed by atoms with Gasteiger partial charge in [0.2, 0.25) is 0 Å². The molecule has 13 heavy (non-hydrogen) atoms. The SMILES string of the molecule is C[S@](=O)c1ccc(CC(=O)O)cc1. The van der Waals surface area contributed by atoms with Crippen LogP contribution in [0.5, 0.6) is 0 Å². The highest BCUT2D eigenvalue weighted by molar-refractivity contribution is 7.84. The Hall–Kier alpha value is -1.16. The second-order valence-corrected chi connectivity index (χ2v) is 4.05. The smallest absolute Gasteiger partial charge is 0.307 e. The van der Waals surface area contributed by atoms with Gasteiger partial charge in [0.05, 0.1) is 6.42 Å². The van der Waals surface area contributed by atoms with Crippen LogP contribution in [0.1, 0.15) is 5.56 Å². The molecule has 0 aliphatic rings. The number of hydrogen-bond donors (Lipinski definition) is 1. The van der Waals surface area contributed by atoms with E-state index in [1.807, 2.05) is 0 Å². The zero-order valence-electron chi connectivity index (χ0n) is 7.19. The number of hydrogen-bond acceptors (Lipinski definition) is 2. The van der Waals surface area contributed by atoms with Gasteiger partial charge >= 0.3 is 5.97 Å². The Bertz CT molecular complexity index is 329. The zero-order chi connectivity index (χ0) is 9.84. The summed E-state index contributed by atoms with van der Waals surface area (Å²) < 4.78 is 11.0. The van der Waals surface area contributed by atoms with Crippen molar-refractivity contribution in [3.8, 4) is 0 Å². The van der Waals surface area contributed by atoms with Gasteiger partial charge in [-0.2, -0.15) is 0 Å². The molecule has 4 heteroatoms. The minimum atomic E-state index is -0.997. The fourth-order valence-electron chi connectivity index (χ4n) is 0.974. The van der Waals surface area contributed by atoms with Gasteiger partial charge in [0, 0.05) is 22.0 Å². The topological polar surface area (TPSA) is 54.4 Å². The molecule has 1 N–H and O–H groups in total. The average Bonchev–Trinajstić information content (AvgIpc) is 2.04. The summed E-state index contributed by atoms with van der Waals surface area (Å²) in [5.74, 6) is -0.856. The lowest BCUT2D eigenvalue weighted by Crippen LogP contribution is -1.99. The molecule has 0 unspecified atom stereocenters. The van der Waals surface area contributed by atoms with Crippen LogP contribution < -0.4 is 0 Å². The first-order valence-corrected chi connectivity index (χ1v) is 5.29. The van der Waals surface area contributed by atoms with Gasteiger partial charge in [-0.15, -0.1) is 0 Å². The predicted octanol–water partition coefficient (Wildman–Crippen LogP) is 1.05. The highest BCUT2D eigenvalue weighted by Crippen LogP contribution is 2.07. The largest absolute Gasteiger partial charge is 0.481 e. The Kier molecular flexibility index (Phi) is 3.19. The Morgan fingerprint density at radius 1 is 1.38 bits per heavy atom. The maximum Gasteiger partial charge on any atom is 0.307 e. The lowest BCUT2D eigenvalue weighted by molar-refractivity contribution is -0.136. The van der Waals surface area contributed by atoms with E-state index in [1.54, 1.807) is 30.5 Å². The standard InChI is InChI=1S/C9H10O3S/c1-13(12)8-4-2-7(3-5-8)6-9(10)11/h2-5H,6H2,1H3,(H,10,11)/t13-/m0/s1. The molecule has 3 nitrogen and oxygen atoms in total. The Labute approximate surface area is 78.9 Å². The Morgan fingerprint density at radius 3 is 2.31 bits per heavy atom. The molecule has 1 rings (SSSR count). The molecule has 0 aliphatic carbocycles. The summed E-state index contributed by atoms with van der Waals surface area (Å²) in [6.07, 6.45) is 1.60. The van der Waals surface area contributed by atoms with Crippen molar-refractivity contribution >= 4 is 16.8 Å². The van der Waals surface area contributed by atoms with Crippen molar-refractivity contribution < 1.29 is 14.1 Å². The first-order valence-electron chi connectivity index (χ1n) is 3.74. The summed E-state index contributed by atoms with van der Waals surface area (Å²) in [5, 5.41) is 8.49. The minimum absolute atomic E-state index is 0.0105. The second-order valence-electron chi connectivity index (χ2n) is 2.67. The molecule has 0 spiro atoms. The molecule has 0 amide bonds. The molecular formula is C9H10O3S. The molecule has 0 saturated carbocycles. The molecule has 0 aromatic heterocycles. The van der Waals surface area contributed by atoms with E-state index >= 15 is 0 Å². The van der Waals surface area contributed by atoms with E-state index in [4.69, 9.17) is 5.11 Å². The highest BCUT2D eigenvalue weighted by Gasteiger charge is 2.01. The third kappa shape index (κ3) is 2.99. The number of rotatable bonds is 3. The number of carboxylic acid groups (broad SMARTS) is 1. The Morgan fingerprint density at radius 2 is 1.92 bits per heavy atom. The van der Waals surface area contributed by atoms with Crippen LogP contribution in [0.3, 0.4) is 0 Å². The van der Waals surface area contributed by atoms with Crippen LogP contribution in [0.25, 0.3) is 0 Å². The number of aliphatic carboxylic acids is 1. The van der Waals surface area contributed by atoms with E-state index < -0.39 is 16.8 Å². The van der Waals surface area contributed by atoms with Crippen molar-refractivity contribution in [1.82, 2.24) is 0 Å². The zero-order valence-corrected chi connectivity index (χ0v) is 8.00. The fraction of sp³-hybridized carbons (Fsp3) is 0.222. The molecule has 0 radical (unpaired) electrons. The van der Waals surface area contributed by atoms with Crippen LogP contribution in [-0.2, 0) is 22.0 Å². The third-order valence-electron chi connectivity index (χ3n) is 1.61. The summed E-state index contributed by atoms with van der Waals surface area (Å²) in [6, 6.07) is 6.75. The van der Waals surface area contributed by atoms with Crippen LogP contribution in [0.4, 0.5) is 0 Å². The van der Waals surface area contributed by atoms with E-state index in [-0.39, 0.29) is 6.42 Å². The van der Waals surface area contributed by atoms with Crippen molar-refractivity contribution in [3.05, 3.63) is 29.8 Å². The molecule has 0 heterocycles. The first-order chi connectivity index (χ1) is 6.09. The van der Waals surface area contributed by atoms with Gasteiger partial charge in [-0.1, -0.05) is 12.1 Å². The van der Waals surface area contributed by atoms with Crippen LogP contribution in [-0.4, -0.2) is 21.5 Å². The van der Waals surface area contributed by atoms with Crippen LogP contribution in [0.2, 0.25) is 0 Å². The molecule has 70 valence electrons. The average molecular weight is 198 g/mol. The van der Waals surface area contributed by atoms with Gasteiger partial charge in [0.1, 0.15) is 0 Å². The molecule has 1 aromatic rings. The molecule has 0 aliphatic heterocycles. The van der Waals surface area contributed by atoms with Crippen LogP contribution in [0.15, 0.2) is 29.2 Å². The van der Waals surface area contributed by atoms with Gasteiger partial charge in [-0.05, 0) is 17.7 Å². The Balaban J connectivity index is 2.81. The predicted molar refractivity (Wildman–Crippen MR) is 50.1 cm³/mol. The van der Waals surface area contributed by atoms with Gasteiger partial charge in [0.25, 0.3) is 0 Å². The quantitative estimate of drug-likeness (QED) is 0.789. The van der Waals surface area contributed by atoms with E-state index in [0.29, 0.717) is 4.90 Å². The summed E-state index contributed by atoms with van der Waals surface area (Å²) in [5.41, 5.74) is 0.724. The van der Waals surface area contributed by atoms with E-state index in [9.17, 15) is 9.00 Å². The van der Waals surface area contributed by atoms with Crippen molar-refractivity contribution in [2.75, 3.05) is 6.26 Å². The van der Waals surface area contributed by atoms with E-state index in [2.05, 4.69) is 0 Å². The molecule has 0 saturated heterocycles. The van der Waals surface area contributed by atoms with Crippen LogP contribution in [0, 0.1) is 0 Å². The second kappa shape index (κ2) is 4.18. The molecule has 0 bridgehead atoms. The third-order valence-corrected chi connectivity index (χ3v) is 2.55. The summed E-state index contributed by atoms with van der Waals surface area (Å²) in [7, 11) is -0.997. The van der Waals surface area contributed by atoms with Crippen molar-refractivity contribution in [2.45, 2.75) is 11.3 Å². The summed E-state index contributed by atoms with van der Waals surface area (Å²) >= 11 is 0.